The maximum atomic E-state index is 13.4. The van der Waals surface area contributed by atoms with Gasteiger partial charge in [-0.05, 0) is 109 Å². The van der Waals surface area contributed by atoms with Gasteiger partial charge >= 0.3 is 0 Å². The third-order valence-corrected chi connectivity index (χ3v) is 16.4. The van der Waals surface area contributed by atoms with Crippen LogP contribution in [0, 0.1) is 0 Å². The van der Waals surface area contributed by atoms with E-state index in [4.69, 9.17) is 28.4 Å². The van der Waals surface area contributed by atoms with E-state index in [2.05, 4.69) is 141 Å². The van der Waals surface area contributed by atoms with Gasteiger partial charge in [-0.25, -0.2) is 0 Å². The molecule has 17 unspecified atom stereocenters. The van der Waals surface area contributed by atoms with Crippen LogP contribution in [0.2, 0.25) is 0 Å². The molecule has 3 heterocycles. The Labute approximate surface area is 556 Å². The zero-order valence-corrected chi connectivity index (χ0v) is 55.9. The minimum absolute atomic E-state index is 0.192. The van der Waals surface area contributed by atoms with Crippen molar-refractivity contribution in [1.82, 2.24) is 5.32 Å². The van der Waals surface area contributed by atoms with Crippen molar-refractivity contribution in [3.8, 4) is 0 Å². The highest BCUT2D eigenvalue weighted by Gasteiger charge is 2.53. The summed E-state index contributed by atoms with van der Waals surface area (Å²) in [6.07, 6.45) is 48.5. The van der Waals surface area contributed by atoms with E-state index in [1.165, 1.54) is 57.8 Å². The van der Waals surface area contributed by atoms with E-state index in [9.17, 15) is 61.0 Å². The molecule has 1 amide bonds. The summed E-state index contributed by atoms with van der Waals surface area (Å²) in [6.45, 7) is 1.55. The molecule has 0 bridgehead atoms. The first-order valence-corrected chi connectivity index (χ1v) is 34.9. The van der Waals surface area contributed by atoms with Crippen LogP contribution in [-0.4, -0.2) is 193 Å². The van der Waals surface area contributed by atoms with Crippen LogP contribution in [0.1, 0.15) is 194 Å². The van der Waals surface area contributed by atoms with Crippen LogP contribution in [0.4, 0.5) is 0 Å². The Hall–Kier alpha value is -4.07. The van der Waals surface area contributed by atoms with E-state index in [-0.39, 0.29) is 12.3 Å². The van der Waals surface area contributed by atoms with Crippen molar-refractivity contribution < 1.29 is 89.4 Å². The molecule has 19 heteroatoms. The van der Waals surface area contributed by atoms with E-state index in [1.54, 1.807) is 6.08 Å². The molecule has 0 spiro atoms. The number of aliphatic hydroxyl groups is 11. The zero-order valence-electron chi connectivity index (χ0n) is 55.9. The summed E-state index contributed by atoms with van der Waals surface area (Å²) < 4.78 is 34.3. The standard InChI is InChI=1S/C74H121NO18/c1-3-5-7-9-11-13-15-17-19-21-23-24-25-26-27-28-29-30-31-32-34-36-38-40-42-44-46-48-50-52-62(80)75-57(58(79)51-49-47-45-43-41-39-37-35-33-22-20-18-16-14-12-10-8-6-4-2)56-88-72-68(86)65(83)70(60(54-77)90-72)93-74-69(87)66(84)71(61(55-78)91-74)92-73-67(85)64(82)63(81)59(53-76)89-73/h5,7,11,13,17,19,23-24,26-27,29-30,32-35,38,40-41,43,49,51,57-61,63-74,76-79,81-87H,3-4,6,8-10,12,14-16,18,20-22,25,28,31,36-37,39,42,44-48,50,52-56H2,1-2H3,(H,75,80)/b7-5-,13-11-,19-17-,24-23-,27-26-,30-29-,34-32-,35-33+,40-38-,43-41+,51-49+. The lowest BCUT2D eigenvalue weighted by molar-refractivity contribution is -0.379. The lowest BCUT2D eigenvalue weighted by atomic mass is 9.96. The Morgan fingerprint density at radius 3 is 1.20 bits per heavy atom. The maximum Gasteiger partial charge on any atom is 0.220 e. The molecular weight excluding hydrogens is 1190 g/mol. The average molecular weight is 1310 g/mol. The summed E-state index contributed by atoms with van der Waals surface area (Å²) in [5.41, 5.74) is 0. The van der Waals surface area contributed by atoms with Crippen LogP contribution in [0.5, 0.6) is 0 Å². The molecule has 3 aliphatic rings. The van der Waals surface area contributed by atoms with E-state index in [1.807, 2.05) is 6.08 Å². The fourth-order valence-electron chi connectivity index (χ4n) is 10.8. The summed E-state index contributed by atoms with van der Waals surface area (Å²) in [7, 11) is 0. The molecule has 3 aliphatic heterocycles. The minimum atomic E-state index is -1.99. The third kappa shape index (κ3) is 35.7. The Bertz CT molecular complexity index is 2210. The van der Waals surface area contributed by atoms with Gasteiger partial charge in [-0.15, -0.1) is 0 Å². The van der Waals surface area contributed by atoms with Crippen LogP contribution < -0.4 is 5.32 Å². The van der Waals surface area contributed by atoms with Crippen LogP contribution in [-0.2, 0) is 33.2 Å². The first kappa shape index (κ1) is 83.2. The van der Waals surface area contributed by atoms with Crippen molar-refractivity contribution in [2.75, 3.05) is 26.4 Å². The topological polar surface area (TPSA) is 307 Å². The molecule has 17 atom stereocenters. The molecular formula is C74H121NO18. The molecule has 0 saturated carbocycles. The predicted octanol–water partition coefficient (Wildman–Crippen LogP) is 9.38. The van der Waals surface area contributed by atoms with Gasteiger partial charge in [-0.1, -0.05) is 212 Å². The number of ether oxygens (including phenoxy) is 6. The van der Waals surface area contributed by atoms with Gasteiger partial charge in [0.05, 0.1) is 38.6 Å². The predicted molar refractivity (Wildman–Crippen MR) is 364 cm³/mol. The zero-order chi connectivity index (χ0) is 67.5. The Kier molecular flexibility index (Phi) is 48.3. The average Bonchev–Trinajstić information content (AvgIpc) is 1.00. The molecule has 0 aromatic rings. The second-order valence-corrected chi connectivity index (χ2v) is 24.2. The Balaban J connectivity index is 1.46. The SMILES string of the molecule is CC/C=C\C/C=C\C/C=C\C/C=C\C/C=C\C/C=C\C/C=C\C/C=C\CCCCCCC(=O)NC(COC1OC(CO)C(OC2OC(CO)C(OC3OC(CO)C(O)C(O)C3O)C(O)C2O)C(O)C1O)C(O)/C=C/CC/C=C/CC/C=C/CCCCCCCCCCC. The van der Waals surface area contributed by atoms with Gasteiger partial charge in [0.1, 0.15) is 73.2 Å². The number of aliphatic hydroxyl groups excluding tert-OH is 11. The number of allylic oxidation sites excluding steroid dienone is 21. The summed E-state index contributed by atoms with van der Waals surface area (Å²) in [6, 6.07) is -1.02. The number of rotatable bonds is 51. The Morgan fingerprint density at radius 1 is 0.398 bits per heavy atom. The second kappa shape index (κ2) is 54.0. The number of nitrogens with one attached hydrogen (secondary N) is 1. The fourth-order valence-corrected chi connectivity index (χ4v) is 10.8. The van der Waals surface area contributed by atoms with Gasteiger partial charge in [-0.3, -0.25) is 4.79 Å². The second-order valence-electron chi connectivity index (χ2n) is 24.2. The van der Waals surface area contributed by atoms with Crippen molar-refractivity contribution in [1.29, 1.82) is 0 Å². The van der Waals surface area contributed by atoms with E-state index in [0.717, 1.165) is 103 Å². The highest BCUT2D eigenvalue weighted by Crippen LogP contribution is 2.33. The molecule has 3 rings (SSSR count). The van der Waals surface area contributed by atoms with Crippen LogP contribution >= 0.6 is 0 Å². The number of carbonyl (C=O) groups excluding carboxylic acids is 1. The highest BCUT2D eigenvalue weighted by molar-refractivity contribution is 5.76. The van der Waals surface area contributed by atoms with Gasteiger partial charge in [0.15, 0.2) is 18.9 Å². The van der Waals surface area contributed by atoms with Crippen molar-refractivity contribution in [3.63, 3.8) is 0 Å². The first-order valence-electron chi connectivity index (χ1n) is 34.9. The van der Waals surface area contributed by atoms with Gasteiger partial charge in [0.25, 0.3) is 0 Å². The molecule has 3 fully saturated rings. The first-order chi connectivity index (χ1) is 45.3. The third-order valence-electron chi connectivity index (χ3n) is 16.4. The minimum Gasteiger partial charge on any atom is -0.394 e. The maximum absolute atomic E-state index is 13.4. The fraction of sp³-hybridized carbons (Fsp3) is 0.689. The molecule has 0 aromatic heterocycles. The van der Waals surface area contributed by atoms with Crippen LogP contribution in [0.25, 0.3) is 0 Å². The summed E-state index contributed by atoms with van der Waals surface area (Å²) in [5, 5.41) is 120. The van der Waals surface area contributed by atoms with Gasteiger partial charge < -0.3 is 89.9 Å². The van der Waals surface area contributed by atoms with Crippen molar-refractivity contribution in [3.05, 3.63) is 134 Å². The molecule has 0 aromatic carbocycles. The van der Waals surface area contributed by atoms with Crippen LogP contribution in [0.15, 0.2) is 134 Å². The summed E-state index contributed by atoms with van der Waals surface area (Å²) >= 11 is 0. The van der Waals surface area contributed by atoms with Crippen molar-refractivity contribution in [2.24, 2.45) is 0 Å². The highest BCUT2D eigenvalue weighted by atomic mass is 16.8. The summed E-state index contributed by atoms with van der Waals surface area (Å²) in [4.78, 5) is 13.4. The molecule has 0 radical (unpaired) electrons. The molecule has 3 saturated heterocycles. The number of hydrogen-bond acceptors (Lipinski definition) is 18. The Morgan fingerprint density at radius 2 is 0.753 bits per heavy atom. The number of hydrogen-bond donors (Lipinski definition) is 12. The van der Waals surface area contributed by atoms with E-state index >= 15 is 0 Å². The normalized spacial score (nSPS) is 28.4. The smallest absolute Gasteiger partial charge is 0.220 e. The van der Waals surface area contributed by atoms with Gasteiger partial charge in [-0.2, -0.15) is 0 Å². The van der Waals surface area contributed by atoms with Gasteiger partial charge in [0.2, 0.25) is 5.91 Å². The largest absolute Gasteiger partial charge is 0.394 e. The number of amides is 1. The molecule has 530 valence electrons. The molecule has 0 aliphatic carbocycles. The van der Waals surface area contributed by atoms with E-state index in [0.29, 0.717) is 12.8 Å². The summed E-state index contributed by atoms with van der Waals surface area (Å²) in [5.74, 6) is -0.320. The van der Waals surface area contributed by atoms with Gasteiger partial charge in [0, 0.05) is 6.42 Å². The lowest BCUT2D eigenvalue weighted by Crippen LogP contribution is -2.66. The number of unbranched alkanes of at least 4 members (excludes halogenated alkanes) is 15. The quantitative estimate of drug-likeness (QED) is 0.0199. The molecule has 12 N–H and O–H groups in total. The van der Waals surface area contributed by atoms with Crippen molar-refractivity contribution in [2.45, 2.75) is 298 Å². The molecule has 19 nitrogen and oxygen atoms in total. The van der Waals surface area contributed by atoms with E-state index < -0.39 is 131 Å². The lowest BCUT2D eigenvalue weighted by Gasteiger charge is -2.48. The molecule has 93 heavy (non-hydrogen) atoms. The van der Waals surface area contributed by atoms with Crippen LogP contribution in [0.3, 0.4) is 0 Å². The monoisotopic (exact) mass is 1310 g/mol. The number of carbonyl (C=O) groups is 1. The van der Waals surface area contributed by atoms with Crippen molar-refractivity contribution >= 4 is 5.91 Å².